The number of nitrogens with zero attached hydrogens (tertiary/aromatic N) is 2. The molecule has 1 aromatic carbocycles. The second kappa shape index (κ2) is 5.67. The smallest absolute Gasteiger partial charge is 0.342 e. The molecule has 6 nitrogen and oxygen atoms in total. The van der Waals surface area contributed by atoms with E-state index in [0.29, 0.717) is 18.5 Å². The van der Waals surface area contributed by atoms with Crippen LogP contribution < -0.4 is 4.90 Å². The lowest BCUT2D eigenvalue weighted by molar-refractivity contribution is -0.385. The predicted molar refractivity (Wildman–Crippen MR) is 75.2 cm³/mol. The zero-order valence-corrected chi connectivity index (χ0v) is 11.9. The molecule has 2 atom stereocenters. The average Bonchev–Trinajstić information content (AvgIpc) is 2.38. The van der Waals surface area contributed by atoms with Crippen LogP contribution in [0.3, 0.4) is 0 Å². The summed E-state index contributed by atoms with van der Waals surface area (Å²) in [6, 6.07) is 1.83. The largest absolute Gasteiger partial charge is 0.477 e. The Kier molecular flexibility index (Phi) is 4.11. The summed E-state index contributed by atoms with van der Waals surface area (Å²) >= 11 is 0. The van der Waals surface area contributed by atoms with Crippen molar-refractivity contribution in [3.05, 3.63) is 33.6 Å². The summed E-state index contributed by atoms with van der Waals surface area (Å²) in [6.45, 7) is 4.66. The quantitative estimate of drug-likeness (QED) is 0.684. The first kappa shape index (κ1) is 15.2. The average molecular weight is 296 g/mol. The van der Waals surface area contributed by atoms with Crippen molar-refractivity contribution in [3.8, 4) is 0 Å². The Balaban J connectivity index is 2.47. The number of hydrogen-bond acceptors (Lipinski definition) is 4. The molecule has 2 rings (SSSR count). The number of nitro groups is 1. The van der Waals surface area contributed by atoms with Gasteiger partial charge in [0, 0.05) is 12.6 Å². The maximum absolute atomic E-state index is 14.2. The molecule has 0 aromatic heterocycles. The van der Waals surface area contributed by atoms with E-state index in [0.717, 1.165) is 18.9 Å². The van der Waals surface area contributed by atoms with Gasteiger partial charge in [-0.1, -0.05) is 6.92 Å². The molecule has 2 unspecified atom stereocenters. The molecule has 1 N–H and O–H groups in total. The number of hydrogen-bond donors (Lipinski definition) is 1. The van der Waals surface area contributed by atoms with Gasteiger partial charge in [-0.3, -0.25) is 10.1 Å². The van der Waals surface area contributed by atoms with Crippen LogP contribution in [0.25, 0.3) is 0 Å². The number of piperidine rings is 1. The summed E-state index contributed by atoms with van der Waals surface area (Å²) < 4.78 is 14.2. The van der Waals surface area contributed by atoms with Crippen molar-refractivity contribution in [2.75, 3.05) is 11.4 Å². The Hall–Kier alpha value is -2.18. The molecule has 1 aromatic rings. The first-order valence-corrected chi connectivity index (χ1v) is 6.79. The third-order valence-electron chi connectivity index (χ3n) is 3.94. The van der Waals surface area contributed by atoms with Gasteiger partial charge in [0.15, 0.2) is 5.82 Å². The molecule has 0 bridgehead atoms. The van der Waals surface area contributed by atoms with Crippen LogP contribution in [0.4, 0.5) is 15.8 Å². The lowest BCUT2D eigenvalue weighted by atomic mass is 9.92. The summed E-state index contributed by atoms with van der Waals surface area (Å²) in [5.74, 6) is -1.66. The fourth-order valence-corrected chi connectivity index (χ4v) is 2.86. The van der Waals surface area contributed by atoms with Crippen LogP contribution in [0.15, 0.2) is 12.1 Å². The van der Waals surface area contributed by atoms with Gasteiger partial charge < -0.3 is 10.0 Å². The lowest BCUT2D eigenvalue weighted by Crippen LogP contribution is -2.40. The van der Waals surface area contributed by atoms with Crippen LogP contribution in [0.1, 0.15) is 37.0 Å². The topological polar surface area (TPSA) is 83.7 Å². The Morgan fingerprint density at radius 3 is 2.67 bits per heavy atom. The summed E-state index contributed by atoms with van der Waals surface area (Å²) in [5.41, 5.74) is -1.08. The first-order chi connectivity index (χ1) is 9.81. The minimum absolute atomic E-state index is 0.0614. The third-order valence-corrected chi connectivity index (χ3v) is 3.94. The monoisotopic (exact) mass is 296 g/mol. The van der Waals surface area contributed by atoms with Crippen LogP contribution in [-0.2, 0) is 0 Å². The van der Waals surface area contributed by atoms with Crippen molar-refractivity contribution in [2.24, 2.45) is 5.92 Å². The zero-order chi connectivity index (χ0) is 15.7. The molecule has 7 heteroatoms. The normalized spacial score (nSPS) is 22.1. The Morgan fingerprint density at radius 1 is 1.48 bits per heavy atom. The van der Waals surface area contributed by atoms with Crippen molar-refractivity contribution in [1.82, 2.24) is 0 Å². The van der Waals surface area contributed by atoms with E-state index in [4.69, 9.17) is 5.11 Å². The number of anilines is 1. The van der Waals surface area contributed by atoms with Gasteiger partial charge in [-0.15, -0.1) is 0 Å². The van der Waals surface area contributed by atoms with Crippen LogP contribution in [0, 0.1) is 21.8 Å². The molecule has 0 aliphatic carbocycles. The summed E-state index contributed by atoms with van der Waals surface area (Å²) in [6.07, 6.45) is 1.75. The number of carbonyl (C=O) groups is 1. The van der Waals surface area contributed by atoms with Crippen molar-refractivity contribution in [3.63, 3.8) is 0 Å². The second-order valence-corrected chi connectivity index (χ2v) is 5.55. The molecule has 21 heavy (non-hydrogen) atoms. The second-order valence-electron chi connectivity index (χ2n) is 5.55. The lowest BCUT2D eigenvalue weighted by Gasteiger charge is -2.38. The molecular formula is C14H17FN2O4. The Morgan fingerprint density at radius 2 is 2.14 bits per heavy atom. The van der Waals surface area contributed by atoms with Crippen LogP contribution in [0.5, 0.6) is 0 Å². The van der Waals surface area contributed by atoms with Crippen molar-refractivity contribution in [1.29, 1.82) is 0 Å². The van der Waals surface area contributed by atoms with Gasteiger partial charge in [-0.25, -0.2) is 9.18 Å². The first-order valence-electron chi connectivity index (χ1n) is 6.79. The summed E-state index contributed by atoms with van der Waals surface area (Å²) in [7, 11) is 0. The summed E-state index contributed by atoms with van der Waals surface area (Å²) in [5, 5.41) is 19.9. The molecule has 114 valence electrons. The molecule has 0 radical (unpaired) electrons. The highest BCUT2D eigenvalue weighted by Crippen LogP contribution is 2.33. The molecule has 1 saturated heterocycles. The van der Waals surface area contributed by atoms with Crippen LogP contribution in [0.2, 0.25) is 0 Å². The van der Waals surface area contributed by atoms with Crippen molar-refractivity contribution >= 4 is 17.3 Å². The fraction of sp³-hybridized carbons (Fsp3) is 0.500. The van der Waals surface area contributed by atoms with Gasteiger partial charge in [0.1, 0.15) is 5.56 Å². The minimum atomic E-state index is -1.43. The van der Waals surface area contributed by atoms with E-state index in [1.807, 2.05) is 6.92 Å². The van der Waals surface area contributed by atoms with Crippen molar-refractivity contribution in [2.45, 2.75) is 32.7 Å². The SMILES string of the molecule is CC1CCN(c2cc(C(=O)O)c([N+](=O)[O-])cc2F)C(C)C1. The van der Waals surface area contributed by atoms with E-state index in [-0.39, 0.29) is 11.7 Å². The van der Waals surface area contributed by atoms with E-state index < -0.39 is 28.0 Å². The van der Waals surface area contributed by atoms with Gasteiger partial charge in [-0.05, 0) is 31.7 Å². The maximum Gasteiger partial charge on any atom is 0.342 e. The van der Waals surface area contributed by atoms with Gasteiger partial charge in [0.25, 0.3) is 5.69 Å². The minimum Gasteiger partial charge on any atom is -0.477 e. The number of halogens is 1. The van der Waals surface area contributed by atoms with Gasteiger partial charge in [0.2, 0.25) is 0 Å². The highest BCUT2D eigenvalue weighted by Gasteiger charge is 2.29. The molecular weight excluding hydrogens is 279 g/mol. The molecule has 1 heterocycles. The molecule has 0 saturated carbocycles. The number of nitro benzene ring substituents is 1. The standard InChI is InChI=1S/C14H17FN2O4/c1-8-3-4-16(9(2)5-8)13-6-10(14(18)19)12(17(20)21)7-11(13)15/h6-9H,3-5H2,1-2H3,(H,18,19). The van der Waals surface area contributed by atoms with E-state index >= 15 is 0 Å². The molecule has 1 aliphatic heterocycles. The van der Waals surface area contributed by atoms with Gasteiger partial charge in [-0.2, -0.15) is 0 Å². The van der Waals surface area contributed by atoms with Gasteiger partial charge in [0.05, 0.1) is 16.7 Å². The van der Waals surface area contributed by atoms with E-state index in [2.05, 4.69) is 6.92 Å². The molecule has 0 amide bonds. The Labute approximate surface area is 121 Å². The predicted octanol–water partition coefficient (Wildman–Crippen LogP) is 3.06. The highest BCUT2D eigenvalue weighted by molar-refractivity contribution is 5.93. The molecule has 0 spiro atoms. The van der Waals surface area contributed by atoms with Crippen LogP contribution >= 0.6 is 0 Å². The molecule has 1 aliphatic rings. The Bertz CT molecular complexity index is 591. The van der Waals surface area contributed by atoms with Crippen LogP contribution in [-0.4, -0.2) is 28.6 Å². The maximum atomic E-state index is 14.2. The van der Waals surface area contributed by atoms with Gasteiger partial charge >= 0.3 is 5.97 Å². The van der Waals surface area contributed by atoms with Crippen molar-refractivity contribution < 1.29 is 19.2 Å². The fourth-order valence-electron chi connectivity index (χ4n) is 2.86. The number of rotatable bonds is 3. The van der Waals surface area contributed by atoms with E-state index in [9.17, 15) is 19.3 Å². The number of carboxylic acid groups (broad SMARTS) is 1. The number of benzene rings is 1. The summed E-state index contributed by atoms with van der Waals surface area (Å²) in [4.78, 5) is 22.9. The zero-order valence-electron chi connectivity index (χ0n) is 11.9. The number of carboxylic acids is 1. The molecule has 1 fully saturated rings. The van der Waals surface area contributed by atoms with E-state index in [1.54, 1.807) is 4.90 Å². The highest BCUT2D eigenvalue weighted by atomic mass is 19.1. The number of aromatic carboxylic acids is 1. The van der Waals surface area contributed by atoms with E-state index in [1.165, 1.54) is 0 Å². The third kappa shape index (κ3) is 2.96.